The molecule has 1 aromatic carbocycles. The maximum atomic E-state index is 12.5. The molecule has 110 valence electrons. The van der Waals surface area contributed by atoms with Gasteiger partial charge in [0, 0.05) is 19.0 Å². The summed E-state index contributed by atoms with van der Waals surface area (Å²) in [6.07, 6.45) is 1.06. The number of methoxy groups -OCH3 is 1. The Hall–Kier alpha value is -1.75. The fourth-order valence-electron chi connectivity index (χ4n) is 2.59. The number of carbonyl (C=O) groups is 1. The summed E-state index contributed by atoms with van der Waals surface area (Å²) in [5, 5.41) is 19.7. The normalized spacial score (nSPS) is 22.6. The Bertz CT molecular complexity index is 489. The summed E-state index contributed by atoms with van der Waals surface area (Å²) in [5.41, 5.74) is 0.246. The van der Waals surface area contributed by atoms with Gasteiger partial charge in [0.1, 0.15) is 11.5 Å². The number of carbonyl (C=O) groups excluding carboxylic acids is 1. The lowest BCUT2D eigenvalue weighted by Crippen LogP contribution is -2.45. The van der Waals surface area contributed by atoms with Gasteiger partial charge in [-0.25, -0.2) is 0 Å². The monoisotopic (exact) mass is 279 g/mol. The number of hydrogen-bond acceptors (Lipinski definition) is 4. The smallest absolute Gasteiger partial charge is 0.257 e. The van der Waals surface area contributed by atoms with Gasteiger partial charge in [0.2, 0.25) is 0 Å². The lowest BCUT2D eigenvalue weighted by Gasteiger charge is -2.35. The molecule has 0 aliphatic carbocycles. The molecule has 1 heterocycles. The van der Waals surface area contributed by atoms with Gasteiger partial charge in [-0.05, 0) is 31.0 Å². The van der Waals surface area contributed by atoms with E-state index in [1.165, 1.54) is 13.2 Å². The van der Waals surface area contributed by atoms with E-state index < -0.39 is 0 Å². The van der Waals surface area contributed by atoms with E-state index in [0.717, 1.165) is 6.42 Å². The standard InChI is InChI=1S/C15H21NO4/c1-3-10-9-16(7-6-13(10)17)15(19)12-8-11(20-2)4-5-14(12)18/h4-5,8,10,13,17-18H,3,6-7,9H2,1-2H3. The van der Waals surface area contributed by atoms with Gasteiger partial charge in [-0.2, -0.15) is 0 Å². The van der Waals surface area contributed by atoms with Crippen molar-refractivity contribution in [2.24, 2.45) is 5.92 Å². The maximum Gasteiger partial charge on any atom is 0.257 e. The van der Waals surface area contributed by atoms with Crippen molar-refractivity contribution in [1.29, 1.82) is 0 Å². The summed E-state index contributed by atoms with van der Waals surface area (Å²) in [4.78, 5) is 14.2. The Balaban J connectivity index is 2.19. The van der Waals surface area contributed by atoms with E-state index in [0.29, 0.717) is 25.3 Å². The van der Waals surface area contributed by atoms with Gasteiger partial charge in [-0.15, -0.1) is 0 Å². The average molecular weight is 279 g/mol. The lowest BCUT2D eigenvalue weighted by atomic mass is 9.92. The van der Waals surface area contributed by atoms with Crippen molar-refractivity contribution in [3.8, 4) is 11.5 Å². The number of phenolic OH excluding ortho intramolecular Hbond substituents is 1. The van der Waals surface area contributed by atoms with Crippen molar-refractivity contribution in [2.45, 2.75) is 25.9 Å². The van der Waals surface area contributed by atoms with Crippen molar-refractivity contribution in [1.82, 2.24) is 4.90 Å². The zero-order valence-electron chi connectivity index (χ0n) is 11.9. The fourth-order valence-corrected chi connectivity index (χ4v) is 2.59. The predicted molar refractivity (Wildman–Crippen MR) is 75.0 cm³/mol. The molecule has 1 amide bonds. The van der Waals surface area contributed by atoms with E-state index in [4.69, 9.17) is 4.74 Å². The highest BCUT2D eigenvalue weighted by atomic mass is 16.5. The number of amides is 1. The number of likely N-dealkylation sites (tertiary alicyclic amines) is 1. The molecule has 1 aromatic rings. The van der Waals surface area contributed by atoms with Crippen molar-refractivity contribution in [2.75, 3.05) is 20.2 Å². The SMILES string of the molecule is CCC1CN(C(=O)c2cc(OC)ccc2O)CCC1O. The summed E-state index contributed by atoms with van der Waals surface area (Å²) < 4.78 is 5.08. The minimum Gasteiger partial charge on any atom is -0.507 e. The highest BCUT2D eigenvalue weighted by Crippen LogP contribution is 2.27. The van der Waals surface area contributed by atoms with E-state index in [2.05, 4.69) is 0 Å². The maximum absolute atomic E-state index is 12.5. The molecule has 2 rings (SSSR count). The van der Waals surface area contributed by atoms with Gasteiger partial charge in [0.15, 0.2) is 0 Å². The number of aromatic hydroxyl groups is 1. The molecule has 0 radical (unpaired) electrons. The second kappa shape index (κ2) is 6.13. The Kier molecular flexibility index (Phi) is 4.49. The molecule has 0 saturated carbocycles. The Morgan fingerprint density at radius 2 is 2.25 bits per heavy atom. The van der Waals surface area contributed by atoms with Crippen LogP contribution in [0.25, 0.3) is 0 Å². The van der Waals surface area contributed by atoms with Crippen LogP contribution < -0.4 is 4.74 Å². The molecule has 2 N–H and O–H groups in total. The first kappa shape index (κ1) is 14.7. The van der Waals surface area contributed by atoms with Crippen LogP contribution in [0.5, 0.6) is 11.5 Å². The lowest BCUT2D eigenvalue weighted by molar-refractivity contribution is 0.0227. The van der Waals surface area contributed by atoms with Crippen LogP contribution in [0.2, 0.25) is 0 Å². The number of phenols is 1. The minimum absolute atomic E-state index is 0.0463. The molecule has 2 unspecified atom stereocenters. The van der Waals surface area contributed by atoms with Crippen molar-refractivity contribution in [3.05, 3.63) is 23.8 Å². The molecule has 0 bridgehead atoms. The predicted octanol–water partition coefficient (Wildman–Crippen LogP) is 1.63. The summed E-state index contributed by atoms with van der Waals surface area (Å²) in [5.74, 6) is 0.373. The van der Waals surface area contributed by atoms with Crippen LogP contribution in [0.3, 0.4) is 0 Å². The van der Waals surface area contributed by atoms with E-state index in [1.807, 2.05) is 6.92 Å². The molecule has 5 nitrogen and oxygen atoms in total. The number of hydrogen-bond donors (Lipinski definition) is 2. The molecule has 2 atom stereocenters. The van der Waals surface area contributed by atoms with Gasteiger partial charge in [0.25, 0.3) is 5.91 Å². The van der Waals surface area contributed by atoms with Gasteiger partial charge in [0.05, 0.1) is 18.8 Å². The molecular weight excluding hydrogens is 258 g/mol. The van der Waals surface area contributed by atoms with Crippen LogP contribution in [0, 0.1) is 5.92 Å². The molecule has 5 heteroatoms. The number of piperidine rings is 1. The van der Waals surface area contributed by atoms with E-state index in [1.54, 1.807) is 17.0 Å². The molecule has 0 spiro atoms. The van der Waals surface area contributed by atoms with Crippen LogP contribution in [0.4, 0.5) is 0 Å². The first-order valence-corrected chi connectivity index (χ1v) is 6.91. The summed E-state index contributed by atoms with van der Waals surface area (Å²) in [7, 11) is 1.52. The Morgan fingerprint density at radius 3 is 2.90 bits per heavy atom. The van der Waals surface area contributed by atoms with Crippen LogP contribution in [0.1, 0.15) is 30.1 Å². The molecule has 1 aliphatic heterocycles. The number of aliphatic hydroxyl groups excluding tert-OH is 1. The molecule has 1 fully saturated rings. The second-order valence-electron chi connectivity index (χ2n) is 5.16. The molecule has 1 saturated heterocycles. The minimum atomic E-state index is -0.344. The molecule has 20 heavy (non-hydrogen) atoms. The third-order valence-electron chi connectivity index (χ3n) is 3.94. The van der Waals surface area contributed by atoms with Gasteiger partial charge in [-0.1, -0.05) is 6.92 Å². The van der Waals surface area contributed by atoms with Crippen molar-refractivity contribution in [3.63, 3.8) is 0 Å². The molecule has 0 aromatic heterocycles. The average Bonchev–Trinajstić information content (AvgIpc) is 2.47. The van der Waals surface area contributed by atoms with Crippen LogP contribution in [-0.2, 0) is 0 Å². The van der Waals surface area contributed by atoms with Gasteiger partial charge in [-0.3, -0.25) is 4.79 Å². The number of benzene rings is 1. The first-order valence-electron chi connectivity index (χ1n) is 6.91. The Morgan fingerprint density at radius 1 is 1.50 bits per heavy atom. The topological polar surface area (TPSA) is 70.0 Å². The number of rotatable bonds is 3. The quantitative estimate of drug-likeness (QED) is 0.882. The van der Waals surface area contributed by atoms with Crippen molar-refractivity contribution < 1.29 is 19.7 Å². The third-order valence-corrected chi connectivity index (χ3v) is 3.94. The van der Waals surface area contributed by atoms with Crippen LogP contribution in [-0.4, -0.2) is 47.3 Å². The third kappa shape index (κ3) is 2.88. The zero-order valence-corrected chi connectivity index (χ0v) is 11.9. The zero-order chi connectivity index (χ0) is 14.7. The van der Waals surface area contributed by atoms with Crippen LogP contribution in [0.15, 0.2) is 18.2 Å². The number of nitrogens with zero attached hydrogens (tertiary/aromatic N) is 1. The molecular formula is C15H21NO4. The second-order valence-corrected chi connectivity index (χ2v) is 5.16. The first-order chi connectivity index (χ1) is 9.56. The number of aliphatic hydroxyl groups is 1. The molecule has 1 aliphatic rings. The van der Waals surface area contributed by atoms with Gasteiger partial charge < -0.3 is 19.8 Å². The Labute approximate surface area is 118 Å². The highest BCUT2D eigenvalue weighted by molar-refractivity contribution is 5.97. The summed E-state index contributed by atoms with van der Waals surface area (Å²) in [6.45, 7) is 3.03. The fraction of sp³-hybridized carbons (Fsp3) is 0.533. The highest BCUT2D eigenvalue weighted by Gasteiger charge is 2.30. The number of ether oxygens (including phenoxy) is 1. The largest absolute Gasteiger partial charge is 0.507 e. The summed E-state index contributed by atoms with van der Waals surface area (Å²) in [6, 6.07) is 4.62. The van der Waals surface area contributed by atoms with Crippen molar-refractivity contribution >= 4 is 5.91 Å². The van der Waals surface area contributed by atoms with E-state index in [-0.39, 0.29) is 29.2 Å². The van der Waals surface area contributed by atoms with Crippen LogP contribution >= 0.6 is 0 Å². The summed E-state index contributed by atoms with van der Waals surface area (Å²) >= 11 is 0. The van der Waals surface area contributed by atoms with E-state index >= 15 is 0 Å². The van der Waals surface area contributed by atoms with Gasteiger partial charge >= 0.3 is 0 Å². The van der Waals surface area contributed by atoms with E-state index in [9.17, 15) is 15.0 Å².